The second-order valence-electron chi connectivity index (χ2n) is 5.14. The normalized spacial score (nSPS) is 13.9. The van der Waals surface area contributed by atoms with Crippen molar-refractivity contribution in [2.45, 2.75) is 38.7 Å². The molecule has 0 bridgehead atoms. The van der Waals surface area contributed by atoms with E-state index in [0.717, 1.165) is 9.75 Å². The molecule has 2 aromatic rings. The molecule has 1 N–H and O–H groups in total. The molecule has 0 saturated carbocycles. The van der Waals surface area contributed by atoms with Crippen LogP contribution >= 0.6 is 22.7 Å². The van der Waals surface area contributed by atoms with Gasteiger partial charge in [0, 0.05) is 27.2 Å². The maximum Gasteiger partial charge on any atom is 0.0930 e. The highest BCUT2D eigenvalue weighted by Gasteiger charge is 2.19. The molecular formula is C13H17NOS2. The number of aliphatic hydroxyl groups is 1. The summed E-state index contributed by atoms with van der Waals surface area (Å²) in [4.78, 5) is 7.51. The molecule has 0 aliphatic rings. The first-order valence-corrected chi connectivity index (χ1v) is 7.32. The fourth-order valence-electron chi connectivity index (χ4n) is 1.57. The largest absolute Gasteiger partial charge is 0.387 e. The van der Waals surface area contributed by atoms with Crippen LogP contribution in [-0.2, 0) is 11.8 Å². The Morgan fingerprint density at radius 1 is 1.35 bits per heavy atom. The second kappa shape index (κ2) is 4.88. The highest BCUT2D eigenvalue weighted by molar-refractivity contribution is 7.12. The predicted octanol–water partition coefficient (Wildman–Crippen LogP) is 3.78. The standard InChI is InChI=1S/C13H17NOS2/c1-13(2,3)12-5-4-11(17-12)10(15)6-9-7-14-8-16-9/h4-5,7-8,10,15H,6H2,1-3H3. The molecule has 0 amide bonds. The monoisotopic (exact) mass is 267 g/mol. The summed E-state index contributed by atoms with van der Waals surface area (Å²) in [6.07, 6.45) is 2.08. The summed E-state index contributed by atoms with van der Waals surface area (Å²) in [7, 11) is 0. The summed E-state index contributed by atoms with van der Waals surface area (Å²) in [5.74, 6) is 0. The molecule has 0 aliphatic carbocycles. The lowest BCUT2D eigenvalue weighted by Gasteiger charge is -2.15. The molecule has 0 aliphatic heterocycles. The summed E-state index contributed by atoms with van der Waals surface area (Å²) < 4.78 is 0. The molecule has 0 saturated heterocycles. The zero-order valence-corrected chi connectivity index (χ0v) is 11.9. The van der Waals surface area contributed by atoms with Gasteiger partial charge >= 0.3 is 0 Å². The number of rotatable bonds is 3. The zero-order chi connectivity index (χ0) is 12.5. The molecule has 2 aromatic heterocycles. The number of nitrogens with zero attached hydrogens (tertiary/aromatic N) is 1. The van der Waals surface area contributed by atoms with Crippen molar-refractivity contribution in [2.75, 3.05) is 0 Å². The first-order chi connectivity index (χ1) is 7.97. The number of thiophene rings is 1. The van der Waals surface area contributed by atoms with Crippen LogP contribution in [0.4, 0.5) is 0 Å². The van der Waals surface area contributed by atoms with Crippen molar-refractivity contribution >= 4 is 22.7 Å². The number of hydrogen-bond acceptors (Lipinski definition) is 4. The fourth-order valence-corrected chi connectivity index (χ4v) is 3.25. The van der Waals surface area contributed by atoms with E-state index < -0.39 is 6.10 Å². The van der Waals surface area contributed by atoms with Crippen molar-refractivity contribution in [1.82, 2.24) is 4.98 Å². The molecule has 2 rings (SSSR count). The molecule has 0 spiro atoms. The van der Waals surface area contributed by atoms with E-state index in [-0.39, 0.29) is 5.41 Å². The molecule has 0 fully saturated rings. The maximum atomic E-state index is 10.2. The summed E-state index contributed by atoms with van der Waals surface area (Å²) in [6, 6.07) is 4.16. The lowest BCUT2D eigenvalue weighted by Crippen LogP contribution is -2.07. The zero-order valence-electron chi connectivity index (χ0n) is 10.3. The third kappa shape index (κ3) is 3.15. The van der Waals surface area contributed by atoms with E-state index in [2.05, 4.69) is 31.8 Å². The van der Waals surface area contributed by atoms with Gasteiger partial charge in [-0.05, 0) is 17.5 Å². The Morgan fingerprint density at radius 2 is 2.12 bits per heavy atom. The molecule has 17 heavy (non-hydrogen) atoms. The quantitative estimate of drug-likeness (QED) is 0.918. The van der Waals surface area contributed by atoms with Gasteiger partial charge in [-0.25, -0.2) is 0 Å². The molecule has 2 heterocycles. The predicted molar refractivity (Wildman–Crippen MR) is 73.8 cm³/mol. The van der Waals surface area contributed by atoms with E-state index in [1.807, 2.05) is 12.3 Å². The molecule has 4 heteroatoms. The van der Waals surface area contributed by atoms with Crippen LogP contribution in [0, 0.1) is 0 Å². The van der Waals surface area contributed by atoms with Gasteiger partial charge in [0.15, 0.2) is 0 Å². The van der Waals surface area contributed by atoms with Crippen LogP contribution in [0.25, 0.3) is 0 Å². The van der Waals surface area contributed by atoms with E-state index >= 15 is 0 Å². The van der Waals surface area contributed by atoms with E-state index in [0.29, 0.717) is 6.42 Å². The van der Waals surface area contributed by atoms with Gasteiger partial charge in [0.1, 0.15) is 0 Å². The van der Waals surface area contributed by atoms with Gasteiger partial charge in [0.05, 0.1) is 11.6 Å². The van der Waals surface area contributed by atoms with Gasteiger partial charge in [-0.1, -0.05) is 20.8 Å². The average molecular weight is 267 g/mol. The molecular weight excluding hydrogens is 250 g/mol. The second-order valence-corrected chi connectivity index (χ2v) is 7.23. The number of aromatic nitrogens is 1. The van der Waals surface area contributed by atoms with Crippen molar-refractivity contribution in [3.8, 4) is 0 Å². The van der Waals surface area contributed by atoms with Crippen LogP contribution in [0.5, 0.6) is 0 Å². The van der Waals surface area contributed by atoms with Crippen molar-refractivity contribution in [3.05, 3.63) is 38.5 Å². The van der Waals surface area contributed by atoms with Crippen LogP contribution < -0.4 is 0 Å². The Bertz CT molecular complexity index is 468. The van der Waals surface area contributed by atoms with Gasteiger partial charge in [-0.15, -0.1) is 22.7 Å². The van der Waals surface area contributed by atoms with Crippen molar-refractivity contribution < 1.29 is 5.11 Å². The van der Waals surface area contributed by atoms with Crippen LogP contribution in [0.3, 0.4) is 0 Å². The highest BCUT2D eigenvalue weighted by Crippen LogP contribution is 2.33. The highest BCUT2D eigenvalue weighted by atomic mass is 32.1. The molecule has 1 atom stereocenters. The summed E-state index contributed by atoms with van der Waals surface area (Å²) in [6.45, 7) is 6.58. The Hall–Kier alpha value is -0.710. The summed E-state index contributed by atoms with van der Waals surface area (Å²) in [5, 5.41) is 10.2. The third-order valence-corrected chi connectivity index (χ3v) is 4.99. The lowest BCUT2D eigenvalue weighted by atomic mass is 9.95. The van der Waals surface area contributed by atoms with Crippen LogP contribution in [0.2, 0.25) is 0 Å². The summed E-state index contributed by atoms with van der Waals surface area (Å²) in [5.41, 5.74) is 1.96. The minimum atomic E-state index is -0.406. The number of thiazole rings is 1. The SMILES string of the molecule is CC(C)(C)c1ccc(C(O)Cc2cncs2)s1. The summed E-state index contributed by atoms with van der Waals surface area (Å²) >= 11 is 3.30. The van der Waals surface area contributed by atoms with Gasteiger partial charge in [-0.2, -0.15) is 0 Å². The first-order valence-electron chi connectivity index (χ1n) is 5.62. The van der Waals surface area contributed by atoms with Crippen LogP contribution in [-0.4, -0.2) is 10.1 Å². The minimum Gasteiger partial charge on any atom is -0.387 e. The first kappa shape index (κ1) is 12.7. The van der Waals surface area contributed by atoms with Crippen LogP contribution in [0.15, 0.2) is 23.8 Å². The lowest BCUT2D eigenvalue weighted by molar-refractivity contribution is 0.183. The molecule has 92 valence electrons. The molecule has 0 radical (unpaired) electrons. The third-order valence-electron chi connectivity index (χ3n) is 2.57. The molecule has 1 unspecified atom stereocenters. The Morgan fingerprint density at radius 3 is 2.65 bits per heavy atom. The maximum absolute atomic E-state index is 10.2. The molecule has 0 aromatic carbocycles. The average Bonchev–Trinajstić information content (AvgIpc) is 2.85. The number of hydrogen-bond donors (Lipinski definition) is 1. The van der Waals surface area contributed by atoms with Gasteiger partial charge in [0.25, 0.3) is 0 Å². The van der Waals surface area contributed by atoms with E-state index in [4.69, 9.17) is 0 Å². The molecule has 2 nitrogen and oxygen atoms in total. The Kier molecular flexibility index (Phi) is 3.66. The van der Waals surface area contributed by atoms with Crippen LogP contribution in [0.1, 0.15) is 41.5 Å². The van der Waals surface area contributed by atoms with E-state index in [1.54, 1.807) is 28.2 Å². The van der Waals surface area contributed by atoms with Crippen molar-refractivity contribution in [2.24, 2.45) is 0 Å². The van der Waals surface area contributed by atoms with Gasteiger partial charge in [0.2, 0.25) is 0 Å². The Balaban J connectivity index is 2.10. The minimum absolute atomic E-state index is 0.160. The smallest absolute Gasteiger partial charge is 0.0930 e. The number of aliphatic hydroxyl groups excluding tert-OH is 1. The Labute approximate surface area is 110 Å². The van der Waals surface area contributed by atoms with Crippen molar-refractivity contribution in [3.63, 3.8) is 0 Å². The fraction of sp³-hybridized carbons (Fsp3) is 0.462. The topological polar surface area (TPSA) is 33.1 Å². The van der Waals surface area contributed by atoms with Crippen molar-refractivity contribution in [1.29, 1.82) is 0 Å². The van der Waals surface area contributed by atoms with E-state index in [9.17, 15) is 5.11 Å². The van der Waals surface area contributed by atoms with Gasteiger partial charge in [-0.3, -0.25) is 4.98 Å². The van der Waals surface area contributed by atoms with Gasteiger partial charge < -0.3 is 5.11 Å². The van der Waals surface area contributed by atoms with E-state index in [1.165, 1.54) is 4.88 Å².